The Morgan fingerprint density at radius 3 is 2.89 bits per heavy atom. The summed E-state index contributed by atoms with van der Waals surface area (Å²) in [5, 5.41) is 12.0. The number of thioether (sulfide) groups is 1. The van der Waals surface area contributed by atoms with Crippen LogP contribution in [-0.2, 0) is 15.3 Å². The molecule has 19 heavy (non-hydrogen) atoms. The molecular weight excluding hydrogens is 301 g/mol. The van der Waals surface area contributed by atoms with Crippen molar-refractivity contribution in [1.82, 2.24) is 0 Å². The van der Waals surface area contributed by atoms with Crippen LogP contribution in [0.2, 0.25) is 0 Å². The van der Waals surface area contributed by atoms with Crippen molar-refractivity contribution in [2.45, 2.75) is 20.3 Å². The first-order valence-corrected chi connectivity index (χ1v) is 7.85. The quantitative estimate of drug-likeness (QED) is 0.819. The zero-order valence-electron chi connectivity index (χ0n) is 11.1. The molecule has 0 bridgehead atoms. The molecule has 0 aromatic heterocycles. The number of benzene rings is 1. The Labute approximate surface area is 126 Å². The summed E-state index contributed by atoms with van der Waals surface area (Å²) < 4.78 is 0.915. The normalized spacial score (nSPS) is 15.0. The number of rotatable bonds is 5. The summed E-state index contributed by atoms with van der Waals surface area (Å²) in [6, 6.07) is 6.27. The van der Waals surface area contributed by atoms with Crippen molar-refractivity contribution in [3.05, 3.63) is 30.2 Å². The van der Waals surface area contributed by atoms with Crippen LogP contribution < -0.4 is 10.2 Å². The van der Waals surface area contributed by atoms with Crippen LogP contribution in [0.1, 0.15) is 25.8 Å². The Morgan fingerprint density at radius 1 is 1.53 bits per heavy atom. The van der Waals surface area contributed by atoms with Crippen LogP contribution in [0.25, 0.3) is 0 Å². The Balaban J connectivity index is 2.35. The first kappa shape index (κ1) is 14.5. The maximum absolute atomic E-state index is 8.04. The summed E-state index contributed by atoms with van der Waals surface area (Å²) in [7, 11) is 0. The molecule has 1 aromatic carbocycles. The average Bonchev–Trinajstić information content (AvgIpc) is 2.75. The van der Waals surface area contributed by atoms with Crippen molar-refractivity contribution in [3.8, 4) is 0 Å². The van der Waals surface area contributed by atoms with E-state index < -0.39 is 0 Å². The van der Waals surface area contributed by atoms with Crippen molar-refractivity contribution < 1.29 is 15.3 Å². The molecule has 0 atom stereocenters. The van der Waals surface area contributed by atoms with Gasteiger partial charge in [-0.05, 0) is 0 Å². The van der Waals surface area contributed by atoms with Gasteiger partial charge in [0, 0.05) is 0 Å². The second-order valence-electron chi connectivity index (χ2n) is 4.27. The van der Waals surface area contributed by atoms with E-state index in [0.29, 0.717) is 5.17 Å². The van der Waals surface area contributed by atoms with Gasteiger partial charge >= 0.3 is 127 Å². The van der Waals surface area contributed by atoms with E-state index in [0.717, 1.165) is 40.2 Å². The van der Waals surface area contributed by atoms with Gasteiger partial charge in [0.2, 0.25) is 0 Å². The van der Waals surface area contributed by atoms with Crippen molar-refractivity contribution in [2.75, 3.05) is 22.5 Å². The van der Waals surface area contributed by atoms with E-state index in [9.17, 15) is 0 Å². The number of amidine groups is 1. The molecule has 0 aliphatic carbocycles. The zero-order chi connectivity index (χ0) is 13.8. The molecule has 1 fully saturated rings. The van der Waals surface area contributed by atoms with Crippen LogP contribution in [0.3, 0.4) is 0 Å². The molecular formula is C14H18CoN3S-. The fourth-order valence-electron chi connectivity index (χ4n) is 1.95. The van der Waals surface area contributed by atoms with Gasteiger partial charge in [0.05, 0.1) is 0 Å². The molecule has 3 nitrogen and oxygen atoms in total. The topological polar surface area (TPSA) is 39.1 Å². The zero-order valence-corrected chi connectivity index (χ0v) is 13.0. The molecule has 105 valence electrons. The molecule has 0 spiro atoms. The fraction of sp³-hybridized carbons (Fsp3) is 0.357. The van der Waals surface area contributed by atoms with Gasteiger partial charge in [-0.3, -0.25) is 0 Å². The standard InChI is InChI=1S/C14H18N3S.Co/c1-3-7-16-12-6-5-11(4-2)13(10-12)17-8-9-18-14(17)15;/h4-6,10,15-16H,3,7,9H2,1-2H3;/q-1;. The van der Waals surface area contributed by atoms with Gasteiger partial charge in [-0.15, -0.1) is 0 Å². The monoisotopic (exact) mass is 319 g/mol. The summed E-state index contributed by atoms with van der Waals surface area (Å²) in [4.78, 5) is 1.91. The van der Waals surface area contributed by atoms with Gasteiger partial charge < -0.3 is 0 Å². The summed E-state index contributed by atoms with van der Waals surface area (Å²) in [6.45, 7) is 5.12. The second kappa shape index (κ2) is 6.50. The minimum absolute atomic E-state index is 0.541. The van der Waals surface area contributed by atoms with Crippen LogP contribution >= 0.6 is 11.8 Å². The van der Waals surface area contributed by atoms with Crippen LogP contribution in [-0.4, -0.2) is 22.0 Å². The Bertz CT molecular complexity index is 485. The summed E-state index contributed by atoms with van der Waals surface area (Å²) in [6.07, 6.45) is 3.16. The van der Waals surface area contributed by atoms with Crippen molar-refractivity contribution in [3.63, 3.8) is 0 Å². The molecule has 1 aromatic rings. The first-order chi connectivity index (χ1) is 9.17. The summed E-state index contributed by atoms with van der Waals surface area (Å²) >= 11 is 6.06. The van der Waals surface area contributed by atoms with Gasteiger partial charge in [0.25, 0.3) is 0 Å². The third-order valence-electron chi connectivity index (χ3n) is 2.92. The molecule has 1 aliphatic heterocycles. The molecule has 1 saturated heterocycles. The number of nitrogens with one attached hydrogen (secondary N) is 2. The molecule has 2 N–H and O–H groups in total. The van der Waals surface area contributed by atoms with Gasteiger partial charge in [-0.2, -0.15) is 0 Å². The van der Waals surface area contributed by atoms with Crippen molar-refractivity contribution in [2.24, 2.45) is 0 Å². The molecule has 0 unspecified atom stereocenters. The maximum atomic E-state index is 8.04. The SMILES string of the molecule is C[CH-]c1ccc(NCCC)cc1N1C(=N)SC[C]1=[Co]. The second-order valence-corrected chi connectivity index (χ2v) is 5.83. The Kier molecular flexibility index (Phi) is 4.96. The minimum atomic E-state index is 0.541. The van der Waals surface area contributed by atoms with Gasteiger partial charge in [0.15, 0.2) is 0 Å². The van der Waals surface area contributed by atoms with Crippen LogP contribution in [0, 0.1) is 11.8 Å². The predicted molar refractivity (Wildman–Crippen MR) is 82.0 cm³/mol. The average molecular weight is 319 g/mol. The molecule has 0 amide bonds. The number of hydrogen-bond donors (Lipinski definition) is 2. The van der Waals surface area contributed by atoms with Crippen molar-refractivity contribution in [1.29, 1.82) is 5.41 Å². The van der Waals surface area contributed by atoms with E-state index in [1.54, 1.807) is 0 Å². The number of anilines is 2. The molecule has 1 aliphatic rings. The van der Waals surface area contributed by atoms with E-state index in [1.165, 1.54) is 11.8 Å². The van der Waals surface area contributed by atoms with E-state index in [4.69, 9.17) is 5.41 Å². The Morgan fingerprint density at radius 2 is 2.32 bits per heavy atom. The third kappa shape index (κ3) is 3.16. The van der Waals surface area contributed by atoms with Gasteiger partial charge in [-0.25, -0.2) is 0 Å². The molecule has 0 saturated carbocycles. The number of nitrogens with zero attached hydrogens (tertiary/aromatic N) is 1. The Hall–Kier alpha value is -0.914. The summed E-state index contributed by atoms with van der Waals surface area (Å²) in [5.74, 6) is 0.772. The molecule has 1 heterocycles. The van der Waals surface area contributed by atoms with Crippen LogP contribution in [0.15, 0.2) is 18.2 Å². The molecule has 5 heteroatoms. The van der Waals surface area contributed by atoms with Gasteiger partial charge in [0.1, 0.15) is 0 Å². The third-order valence-corrected chi connectivity index (χ3v) is 4.43. The first-order valence-electron chi connectivity index (χ1n) is 6.35. The van der Waals surface area contributed by atoms with E-state index in [2.05, 4.69) is 52.2 Å². The van der Waals surface area contributed by atoms with Crippen LogP contribution in [0.4, 0.5) is 11.4 Å². The van der Waals surface area contributed by atoms with E-state index >= 15 is 0 Å². The van der Waals surface area contributed by atoms with Crippen molar-refractivity contribution >= 4 is 32.9 Å². The van der Waals surface area contributed by atoms with Crippen LogP contribution in [0.5, 0.6) is 0 Å². The van der Waals surface area contributed by atoms with E-state index in [1.807, 2.05) is 11.8 Å². The number of hydrogen-bond acceptors (Lipinski definition) is 3. The molecule has 0 radical (unpaired) electrons. The van der Waals surface area contributed by atoms with E-state index in [-0.39, 0.29) is 0 Å². The summed E-state index contributed by atoms with van der Waals surface area (Å²) in [5.41, 5.74) is 3.24. The predicted octanol–water partition coefficient (Wildman–Crippen LogP) is 3.25. The molecule has 2 rings (SSSR count). The fourth-order valence-corrected chi connectivity index (χ4v) is 3.21. The van der Waals surface area contributed by atoms with Gasteiger partial charge in [-0.1, -0.05) is 0 Å².